The molecule has 0 spiro atoms. The van der Waals surface area contributed by atoms with Crippen LogP contribution < -0.4 is 9.47 Å². The molecule has 4 nitrogen and oxygen atoms in total. The molecule has 0 bridgehead atoms. The SMILES string of the molecule is O=C(/C=C/c1ccc(COc2ccc3cc(Br)ccc3c2)o1)c1ccc(OC(F)F)cc1. The summed E-state index contributed by atoms with van der Waals surface area (Å²) < 4.78 is 41.2. The van der Waals surface area contributed by atoms with E-state index in [9.17, 15) is 13.6 Å². The quantitative estimate of drug-likeness (QED) is 0.189. The van der Waals surface area contributed by atoms with Crippen LogP contribution in [0.2, 0.25) is 0 Å². The molecule has 4 rings (SSSR count). The predicted octanol–water partition coefficient (Wildman–Crippen LogP) is 7.27. The number of carbonyl (C=O) groups is 1. The number of carbonyl (C=O) groups excluding carboxylic acids is 1. The molecule has 0 saturated heterocycles. The summed E-state index contributed by atoms with van der Waals surface area (Å²) in [4.78, 5) is 12.3. The van der Waals surface area contributed by atoms with Crippen LogP contribution in [0.1, 0.15) is 21.9 Å². The molecule has 0 radical (unpaired) electrons. The van der Waals surface area contributed by atoms with E-state index in [-0.39, 0.29) is 18.1 Å². The van der Waals surface area contributed by atoms with E-state index in [1.54, 1.807) is 18.2 Å². The summed E-state index contributed by atoms with van der Waals surface area (Å²) >= 11 is 3.46. The van der Waals surface area contributed by atoms with Crippen molar-refractivity contribution in [2.45, 2.75) is 13.2 Å². The third kappa shape index (κ3) is 5.62. The number of hydrogen-bond acceptors (Lipinski definition) is 4. The maximum absolute atomic E-state index is 12.3. The number of fused-ring (bicyclic) bond motifs is 1. The molecule has 32 heavy (non-hydrogen) atoms. The molecule has 0 aliphatic heterocycles. The molecular formula is C25H17BrF2O4. The zero-order chi connectivity index (χ0) is 22.5. The first-order valence-corrected chi connectivity index (χ1v) is 10.4. The van der Waals surface area contributed by atoms with Crippen LogP contribution in [-0.2, 0) is 6.61 Å². The number of alkyl halides is 2. The third-order valence-electron chi connectivity index (χ3n) is 4.60. The van der Waals surface area contributed by atoms with E-state index in [4.69, 9.17) is 9.15 Å². The van der Waals surface area contributed by atoms with Crippen LogP contribution in [0.15, 0.2) is 87.8 Å². The molecule has 3 aromatic carbocycles. The van der Waals surface area contributed by atoms with Crippen LogP contribution in [0.25, 0.3) is 16.8 Å². The van der Waals surface area contributed by atoms with Crippen molar-refractivity contribution in [3.63, 3.8) is 0 Å². The van der Waals surface area contributed by atoms with Crippen LogP contribution in [0.5, 0.6) is 11.5 Å². The zero-order valence-corrected chi connectivity index (χ0v) is 18.2. The van der Waals surface area contributed by atoms with Crippen LogP contribution in [-0.4, -0.2) is 12.4 Å². The Morgan fingerprint density at radius 3 is 2.44 bits per heavy atom. The fourth-order valence-electron chi connectivity index (χ4n) is 3.06. The lowest BCUT2D eigenvalue weighted by Crippen LogP contribution is -2.02. The van der Waals surface area contributed by atoms with Gasteiger partial charge in [0.15, 0.2) is 5.78 Å². The van der Waals surface area contributed by atoms with Crippen LogP contribution in [0, 0.1) is 0 Å². The van der Waals surface area contributed by atoms with Gasteiger partial charge >= 0.3 is 6.61 Å². The van der Waals surface area contributed by atoms with Crippen molar-refractivity contribution < 1.29 is 27.5 Å². The van der Waals surface area contributed by atoms with E-state index in [0.29, 0.717) is 17.1 Å². The van der Waals surface area contributed by atoms with E-state index in [0.717, 1.165) is 21.0 Å². The molecule has 0 saturated carbocycles. The first kappa shape index (κ1) is 21.8. The number of rotatable bonds is 8. The summed E-state index contributed by atoms with van der Waals surface area (Å²) in [5.41, 5.74) is 0.348. The number of halogens is 3. The number of furan rings is 1. The number of benzene rings is 3. The van der Waals surface area contributed by atoms with Gasteiger partial charge in [-0.05, 0) is 83.6 Å². The lowest BCUT2D eigenvalue weighted by molar-refractivity contribution is -0.0498. The van der Waals surface area contributed by atoms with Gasteiger partial charge in [-0.15, -0.1) is 0 Å². The molecule has 4 aromatic rings. The molecule has 0 atom stereocenters. The van der Waals surface area contributed by atoms with E-state index in [1.165, 1.54) is 30.3 Å². The number of allylic oxidation sites excluding steroid dienone is 1. The Morgan fingerprint density at radius 2 is 1.66 bits per heavy atom. The van der Waals surface area contributed by atoms with Gasteiger partial charge in [0.1, 0.15) is 29.6 Å². The zero-order valence-electron chi connectivity index (χ0n) is 16.6. The van der Waals surface area contributed by atoms with Crippen molar-refractivity contribution in [3.05, 3.63) is 100 Å². The molecule has 1 aromatic heterocycles. The Labute approximate surface area is 191 Å². The first-order valence-electron chi connectivity index (χ1n) is 9.64. The molecule has 0 fully saturated rings. The van der Waals surface area contributed by atoms with E-state index in [1.807, 2.05) is 36.4 Å². The second kappa shape index (κ2) is 9.78. The van der Waals surface area contributed by atoms with Crippen molar-refractivity contribution in [2.75, 3.05) is 0 Å². The number of ketones is 1. The minimum Gasteiger partial charge on any atom is -0.486 e. The second-order valence-corrected chi connectivity index (χ2v) is 7.76. The summed E-state index contributed by atoms with van der Waals surface area (Å²) in [6.45, 7) is -2.66. The summed E-state index contributed by atoms with van der Waals surface area (Å²) in [7, 11) is 0. The second-order valence-electron chi connectivity index (χ2n) is 6.85. The maximum atomic E-state index is 12.3. The summed E-state index contributed by atoms with van der Waals surface area (Å²) in [6.07, 6.45) is 2.90. The highest BCUT2D eigenvalue weighted by Gasteiger charge is 2.07. The maximum Gasteiger partial charge on any atom is 0.387 e. The molecule has 1 heterocycles. The Hall–Kier alpha value is -3.45. The van der Waals surface area contributed by atoms with E-state index < -0.39 is 6.61 Å². The van der Waals surface area contributed by atoms with Crippen LogP contribution >= 0.6 is 15.9 Å². The van der Waals surface area contributed by atoms with Gasteiger partial charge in [-0.25, -0.2) is 0 Å². The van der Waals surface area contributed by atoms with Gasteiger partial charge in [-0.3, -0.25) is 4.79 Å². The molecule has 7 heteroatoms. The smallest absolute Gasteiger partial charge is 0.387 e. The monoisotopic (exact) mass is 498 g/mol. The Balaban J connectivity index is 1.34. The highest BCUT2D eigenvalue weighted by Crippen LogP contribution is 2.25. The minimum absolute atomic E-state index is 0.00418. The van der Waals surface area contributed by atoms with Gasteiger partial charge < -0.3 is 13.9 Å². The van der Waals surface area contributed by atoms with Crippen molar-refractivity contribution >= 4 is 38.6 Å². The average molecular weight is 499 g/mol. The lowest BCUT2D eigenvalue weighted by atomic mass is 10.1. The van der Waals surface area contributed by atoms with Gasteiger partial charge in [0.05, 0.1) is 0 Å². The highest BCUT2D eigenvalue weighted by molar-refractivity contribution is 9.10. The fourth-order valence-corrected chi connectivity index (χ4v) is 3.43. The summed E-state index contributed by atoms with van der Waals surface area (Å²) in [6, 6.07) is 20.9. The number of hydrogen-bond donors (Lipinski definition) is 0. The third-order valence-corrected chi connectivity index (χ3v) is 5.09. The van der Waals surface area contributed by atoms with Crippen LogP contribution in [0.3, 0.4) is 0 Å². The largest absolute Gasteiger partial charge is 0.486 e. The molecule has 162 valence electrons. The molecule has 0 N–H and O–H groups in total. The standard InChI is InChI=1S/C25H17BrF2O4/c26-19-5-1-18-14-22(8-4-17(18)13-19)30-15-23-10-9-20(31-23)11-12-24(29)16-2-6-21(7-3-16)32-25(27)28/h1-14,25H,15H2/b12-11+. The van der Waals surface area contributed by atoms with Gasteiger partial charge in [-0.2, -0.15) is 8.78 Å². The molecule has 0 amide bonds. The van der Waals surface area contributed by atoms with E-state index >= 15 is 0 Å². The molecule has 0 aliphatic rings. The molecule has 0 aliphatic carbocycles. The molecular weight excluding hydrogens is 482 g/mol. The van der Waals surface area contributed by atoms with Crippen molar-refractivity contribution in [1.82, 2.24) is 0 Å². The fraction of sp³-hybridized carbons (Fsp3) is 0.0800. The van der Waals surface area contributed by atoms with Gasteiger partial charge in [0, 0.05) is 10.0 Å². The van der Waals surface area contributed by atoms with Crippen molar-refractivity contribution in [1.29, 1.82) is 0 Å². The Bertz CT molecular complexity index is 1260. The summed E-state index contributed by atoms with van der Waals surface area (Å²) in [5, 5.41) is 2.18. The van der Waals surface area contributed by atoms with E-state index in [2.05, 4.69) is 20.7 Å². The average Bonchev–Trinajstić information content (AvgIpc) is 3.24. The van der Waals surface area contributed by atoms with Gasteiger partial charge in [-0.1, -0.05) is 28.1 Å². The van der Waals surface area contributed by atoms with Crippen LogP contribution in [0.4, 0.5) is 8.78 Å². The topological polar surface area (TPSA) is 48.7 Å². The van der Waals surface area contributed by atoms with Gasteiger partial charge in [0.2, 0.25) is 0 Å². The van der Waals surface area contributed by atoms with Crippen molar-refractivity contribution in [2.24, 2.45) is 0 Å². The van der Waals surface area contributed by atoms with Gasteiger partial charge in [0.25, 0.3) is 0 Å². The predicted molar refractivity (Wildman–Crippen MR) is 121 cm³/mol. The highest BCUT2D eigenvalue weighted by atomic mass is 79.9. The minimum atomic E-state index is -2.91. The normalized spacial score (nSPS) is 11.4. The van der Waals surface area contributed by atoms with Crippen molar-refractivity contribution in [3.8, 4) is 11.5 Å². The first-order chi connectivity index (χ1) is 15.5. The summed E-state index contributed by atoms with van der Waals surface area (Å²) in [5.74, 6) is 1.54. The Kier molecular flexibility index (Phi) is 6.66. The molecule has 0 unspecified atom stereocenters. The Morgan fingerprint density at radius 1 is 0.938 bits per heavy atom. The lowest BCUT2D eigenvalue weighted by Gasteiger charge is -2.06. The number of ether oxygens (including phenoxy) is 2.